The van der Waals surface area contributed by atoms with Gasteiger partial charge in [0.1, 0.15) is 5.38 Å². The van der Waals surface area contributed by atoms with Gasteiger partial charge < -0.3 is 4.90 Å². The maximum atomic E-state index is 12.7. The Morgan fingerprint density at radius 1 is 1.69 bits per heavy atom. The number of likely N-dealkylation sites (tertiary alicyclic amines) is 1. The highest BCUT2D eigenvalue weighted by molar-refractivity contribution is 6.30. The standard InChI is InChI=1S/C8H12ClF2NO/c1-2-6(9)7(13)12-4-3-8(10,11)5-12/h6H,2-5H2,1H3/t6-/m1/s1. The molecule has 5 heteroatoms. The Kier molecular flexibility index (Phi) is 3.11. The van der Waals surface area contributed by atoms with Gasteiger partial charge in [-0.05, 0) is 6.42 Å². The van der Waals surface area contributed by atoms with Crippen LogP contribution in [0.3, 0.4) is 0 Å². The van der Waals surface area contributed by atoms with Gasteiger partial charge in [0.25, 0.3) is 5.92 Å². The molecule has 1 aliphatic heterocycles. The van der Waals surface area contributed by atoms with Gasteiger partial charge in [0, 0.05) is 13.0 Å². The van der Waals surface area contributed by atoms with Crippen LogP contribution in [-0.2, 0) is 4.79 Å². The van der Waals surface area contributed by atoms with Crippen LogP contribution < -0.4 is 0 Å². The first-order valence-electron chi connectivity index (χ1n) is 4.27. The molecular formula is C8H12ClF2NO. The molecule has 0 aromatic carbocycles. The number of alkyl halides is 3. The van der Waals surface area contributed by atoms with E-state index in [1.807, 2.05) is 0 Å². The highest BCUT2D eigenvalue weighted by atomic mass is 35.5. The molecule has 1 amide bonds. The summed E-state index contributed by atoms with van der Waals surface area (Å²) in [6, 6.07) is 0. The summed E-state index contributed by atoms with van der Waals surface area (Å²) in [6.45, 7) is 1.40. The lowest BCUT2D eigenvalue weighted by atomic mass is 10.3. The van der Waals surface area contributed by atoms with Crippen LogP contribution >= 0.6 is 11.6 Å². The normalized spacial score (nSPS) is 23.2. The van der Waals surface area contributed by atoms with E-state index in [9.17, 15) is 13.6 Å². The van der Waals surface area contributed by atoms with Crippen molar-refractivity contribution in [3.05, 3.63) is 0 Å². The summed E-state index contributed by atoms with van der Waals surface area (Å²) in [4.78, 5) is 12.5. The third-order valence-corrected chi connectivity index (χ3v) is 2.60. The summed E-state index contributed by atoms with van der Waals surface area (Å²) < 4.78 is 25.4. The SMILES string of the molecule is CC[C@@H](Cl)C(=O)N1CCC(F)(F)C1. The third kappa shape index (κ3) is 2.53. The average molecular weight is 212 g/mol. The highest BCUT2D eigenvalue weighted by Gasteiger charge is 2.41. The first-order valence-corrected chi connectivity index (χ1v) is 4.70. The van der Waals surface area contributed by atoms with E-state index in [2.05, 4.69) is 0 Å². The lowest BCUT2D eigenvalue weighted by Gasteiger charge is -2.18. The van der Waals surface area contributed by atoms with Crippen LogP contribution in [0.25, 0.3) is 0 Å². The van der Waals surface area contributed by atoms with Crippen LogP contribution in [-0.4, -0.2) is 35.2 Å². The maximum Gasteiger partial charge on any atom is 0.267 e. The minimum atomic E-state index is -2.72. The zero-order valence-electron chi connectivity index (χ0n) is 7.40. The van der Waals surface area contributed by atoms with Crippen LogP contribution in [0.1, 0.15) is 19.8 Å². The van der Waals surface area contributed by atoms with Crippen LogP contribution in [0.15, 0.2) is 0 Å². The van der Waals surface area contributed by atoms with Crippen molar-refractivity contribution in [2.45, 2.75) is 31.1 Å². The number of halogens is 3. The first kappa shape index (κ1) is 10.7. The van der Waals surface area contributed by atoms with E-state index < -0.39 is 17.8 Å². The molecule has 0 N–H and O–H groups in total. The lowest BCUT2D eigenvalue weighted by Crippen LogP contribution is -2.36. The van der Waals surface area contributed by atoms with Gasteiger partial charge in [0.15, 0.2) is 0 Å². The van der Waals surface area contributed by atoms with E-state index in [-0.39, 0.29) is 18.9 Å². The molecule has 0 aromatic rings. The quantitative estimate of drug-likeness (QED) is 0.639. The van der Waals surface area contributed by atoms with Crippen molar-refractivity contribution >= 4 is 17.5 Å². The average Bonchev–Trinajstić information content (AvgIpc) is 2.43. The van der Waals surface area contributed by atoms with Gasteiger partial charge in [-0.25, -0.2) is 8.78 Å². The van der Waals surface area contributed by atoms with E-state index in [0.29, 0.717) is 6.42 Å². The second kappa shape index (κ2) is 3.78. The smallest absolute Gasteiger partial charge is 0.267 e. The molecule has 1 aliphatic rings. The molecule has 1 heterocycles. The molecule has 1 saturated heterocycles. The Bertz CT molecular complexity index is 210. The van der Waals surface area contributed by atoms with Crippen molar-refractivity contribution in [3.63, 3.8) is 0 Å². The second-order valence-electron chi connectivity index (χ2n) is 3.24. The van der Waals surface area contributed by atoms with Crippen molar-refractivity contribution < 1.29 is 13.6 Å². The van der Waals surface area contributed by atoms with Crippen LogP contribution in [0.5, 0.6) is 0 Å². The van der Waals surface area contributed by atoms with Gasteiger partial charge in [-0.15, -0.1) is 11.6 Å². The number of hydrogen-bond acceptors (Lipinski definition) is 1. The molecular weight excluding hydrogens is 200 g/mol. The predicted molar refractivity (Wildman–Crippen MR) is 46.1 cm³/mol. The van der Waals surface area contributed by atoms with E-state index in [0.717, 1.165) is 4.90 Å². The van der Waals surface area contributed by atoms with Gasteiger partial charge in [-0.2, -0.15) is 0 Å². The van der Waals surface area contributed by atoms with Crippen LogP contribution in [0.4, 0.5) is 8.78 Å². The van der Waals surface area contributed by atoms with Crippen LogP contribution in [0, 0.1) is 0 Å². The van der Waals surface area contributed by atoms with Crippen molar-refractivity contribution in [3.8, 4) is 0 Å². The van der Waals surface area contributed by atoms with Crippen molar-refractivity contribution in [2.75, 3.05) is 13.1 Å². The molecule has 0 unspecified atom stereocenters. The summed E-state index contributed by atoms with van der Waals surface area (Å²) in [6.07, 6.45) is 0.231. The van der Waals surface area contributed by atoms with Gasteiger partial charge >= 0.3 is 0 Å². The molecule has 1 rings (SSSR count). The van der Waals surface area contributed by atoms with Crippen molar-refractivity contribution in [1.82, 2.24) is 4.90 Å². The molecule has 0 aliphatic carbocycles. The van der Waals surface area contributed by atoms with Crippen molar-refractivity contribution in [1.29, 1.82) is 0 Å². The van der Waals surface area contributed by atoms with Gasteiger partial charge in [-0.3, -0.25) is 4.79 Å². The van der Waals surface area contributed by atoms with Gasteiger partial charge in [0.05, 0.1) is 6.54 Å². The molecule has 0 aromatic heterocycles. The fourth-order valence-electron chi connectivity index (χ4n) is 1.30. The Morgan fingerprint density at radius 2 is 2.31 bits per heavy atom. The number of carbonyl (C=O) groups excluding carboxylic acids is 1. The van der Waals surface area contributed by atoms with Crippen molar-refractivity contribution in [2.24, 2.45) is 0 Å². The van der Waals surface area contributed by atoms with E-state index in [4.69, 9.17) is 11.6 Å². The molecule has 0 saturated carbocycles. The highest BCUT2D eigenvalue weighted by Crippen LogP contribution is 2.27. The van der Waals surface area contributed by atoms with E-state index in [1.165, 1.54) is 0 Å². The minimum Gasteiger partial charge on any atom is -0.335 e. The molecule has 0 radical (unpaired) electrons. The summed E-state index contributed by atoms with van der Waals surface area (Å²) in [7, 11) is 0. The molecule has 0 spiro atoms. The third-order valence-electron chi connectivity index (χ3n) is 2.11. The largest absolute Gasteiger partial charge is 0.335 e. The molecule has 0 bridgehead atoms. The Labute approximate surface area is 80.8 Å². The maximum absolute atomic E-state index is 12.7. The van der Waals surface area contributed by atoms with Gasteiger partial charge in [-0.1, -0.05) is 6.92 Å². The summed E-state index contributed by atoms with van der Waals surface area (Å²) in [5.74, 6) is -3.10. The fourth-order valence-corrected chi connectivity index (χ4v) is 1.43. The zero-order chi connectivity index (χ0) is 10.1. The molecule has 1 atom stereocenters. The molecule has 1 fully saturated rings. The van der Waals surface area contributed by atoms with E-state index in [1.54, 1.807) is 6.92 Å². The summed E-state index contributed by atoms with van der Waals surface area (Å²) >= 11 is 5.65. The second-order valence-corrected chi connectivity index (χ2v) is 3.77. The zero-order valence-corrected chi connectivity index (χ0v) is 8.15. The molecule has 13 heavy (non-hydrogen) atoms. The van der Waals surface area contributed by atoms with Gasteiger partial charge in [0.2, 0.25) is 5.91 Å². The summed E-state index contributed by atoms with van der Waals surface area (Å²) in [5, 5.41) is -0.658. The number of nitrogens with zero attached hydrogens (tertiary/aromatic N) is 1. The van der Waals surface area contributed by atoms with Crippen LogP contribution in [0.2, 0.25) is 0 Å². The number of rotatable bonds is 2. The number of carbonyl (C=O) groups is 1. The molecule has 76 valence electrons. The summed E-state index contributed by atoms with van der Waals surface area (Å²) in [5.41, 5.74) is 0. The topological polar surface area (TPSA) is 20.3 Å². The minimum absolute atomic E-state index is 0.120. The predicted octanol–water partition coefficient (Wildman–Crippen LogP) is 1.87. The fraction of sp³-hybridized carbons (Fsp3) is 0.875. The lowest BCUT2D eigenvalue weighted by molar-refractivity contribution is -0.131. The van der Waals surface area contributed by atoms with E-state index >= 15 is 0 Å². The first-order chi connectivity index (χ1) is 5.96. The monoisotopic (exact) mass is 211 g/mol. The number of amides is 1. The Hall–Kier alpha value is -0.380. The molecule has 2 nitrogen and oxygen atoms in total. The number of hydrogen-bond donors (Lipinski definition) is 0. The Morgan fingerprint density at radius 3 is 2.69 bits per heavy atom. The Balaban J connectivity index is 2.51.